The van der Waals surface area contributed by atoms with E-state index in [2.05, 4.69) is 58.3 Å². The lowest BCUT2D eigenvalue weighted by molar-refractivity contribution is -0.143. The van der Waals surface area contributed by atoms with Gasteiger partial charge in [-0.3, -0.25) is 9.69 Å². The first kappa shape index (κ1) is 26.6. The Labute approximate surface area is 226 Å². The highest BCUT2D eigenvalue weighted by Crippen LogP contribution is 2.39. The lowest BCUT2D eigenvalue weighted by atomic mass is 9.84. The van der Waals surface area contributed by atoms with Crippen molar-refractivity contribution in [2.45, 2.75) is 49.7 Å². The quantitative estimate of drug-likeness (QED) is 0.382. The van der Waals surface area contributed by atoms with Gasteiger partial charge < -0.3 is 15.1 Å². The third kappa shape index (κ3) is 6.52. The summed E-state index contributed by atoms with van der Waals surface area (Å²) in [6, 6.07) is 30.1. The molecule has 2 N–H and O–H groups in total. The molecular formula is C33H40N2O3. The van der Waals surface area contributed by atoms with Crippen LogP contribution in [0.3, 0.4) is 0 Å². The second-order valence-corrected chi connectivity index (χ2v) is 11.2. The summed E-state index contributed by atoms with van der Waals surface area (Å²) in [6.45, 7) is 4.19. The zero-order valence-electron chi connectivity index (χ0n) is 22.2. The van der Waals surface area contributed by atoms with Gasteiger partial charge in [0, 0.05) is 38.6 Å². The Morgan fingerprint density at radius 2 is 1.47 bits per heavy atom. The third-order valence-corrected chi connectivity index (χ3v) is 8.64. The molecule has 5 rings (SSSR count). The maximum Gasteiger partial charge on any atom is 0.325 e. The minimum absolute atomic E-state index is 0.286. The van der Waals surface area contributed by atoms with E-state index in [1.807, 2.05) is 42.5 Å². The van der Waals surface area contributed by atoms with Crippen LogP contribution in [0.4, 0.5) is 0 Å². The molecular weight excluding hydrogens is 472 g/mol. The Morgan fingerprint density at radius 1 is 0.868 bits per heavy atom. The summed E-state index contributed by atoms with van der Waals surface area (Å²) < 4.78 is 0. The standard InChI is InChI=1S/C33H40N2O3/c36-32(37)31(28-16-8-3-9-17-28)35-24-29(30(25-35)27-14-6-2-7-15-27)23-34-21-19-33(38,20-22-34)18-10-13-26-11-4-1-5-12-26/h1-9,11-12,14-17,29-31,38H,10,13,18-25H2,(H,36,37)/t29-,30+,31?/m0/s1. The fourth-order valence-corrected chi connectivity index (χ4v) is 6.52. The molecule has 0 spiro atoms. The van der Waals surface area contributed by atoms with Crippen molar-refractivity contribution in [3.8, 4) is 0 Å². The Hall–Kier alpha value is -2.99. The molecule has 200 valence electrons. The molecule has 0 saturated carbocycles. The number of carbonyl (C=O) groups is 1. The van der Waals surface area contributed by atoms with Crippen molar-refractivity contribution in [1.29, 1.82) is 0 Å². The van der Waals surface area contributed by atoms with Gasteiger partial charge in [0.25, 0.3) is 0 Å². The summed E-state index contributed by atoms with van der Waals surface area (Å²) >= 11 is 0. The van der Waals surface area contributed by atoms with Crippen molar-refractivity contribution in [1.82, 2.24) is 9.80 Å². The van der Waals surface area contributed by atoms with Gasteiger partial charge in [-0.2, -0.15) is 0 Å². The molecule has 3 atom stereocenters. The van der Waals surface area contributed by atoms with Gasteiger partial charge in [-0.1, -0.05) is 91.0 Å². The monoisotopic (exact) mass is 512 g/mol. The lowest BCUT2D eigenvalue weighted by Crippen LogP contribution is -2.46. The number of rotatable bonds is 10. The van der Waals surface area contributed by atoms with E-state index in [1.54, 1.807) is 0 Å². The molecule has 38 heavy (non-hydrogen) atoms. The summed E-state index contributed by atoms with van der Waals surface area (Å²) in [7, 11) is 0. The molecule has 2 fully saturated rings. The number of aliphatic carboxylic acids is 1. The molecule has 2 aliphatic rings. The Kier molecular flexibility index (Phi) is 8.58. The van der Waals surface area contributed by atoms with Crippen molar-refractivity contribution >= 4 is 5.97 Å². The number of carboxylic acid groups (broad SMARTS) is 1. The number of aryl methyl sites for hydroxylation is 1. The minimum Gasteiger partial charge on any atom is -0.480 e. The van der Waals surface area contributed by atoms with Crippen molar-refractivity contribution < 1.29 is 15.0 Å². The van der Waals surface area contributed by atoms with Gasteiger partial charge in [-0.05, 0) is 54.7 Å². The molecule has 0 amide bonds. The van der Waals surface area contributed by atoms with Gasteiger partial charge in [-0.25, -0.2) is 0 Å². The molecule has 5 heteroatoms. The average Bonchev–Trinajstić information content (AvgIpc) is 3.34. The molecule has 0 aromatic heterocycles. The molecule has 0 bridgehead atoms. The maximum atomic E-state index is 12.4. The van der Waals surface area contributed by atoms with E-state index in [0.717, 1.165) is 70.4 Å². The van der Waals surface area contributed by atoms with Gasteiger partial charge in [-0.15, -0.1) is 0 Å². The molecule has 0 radical (unpaired) electrons. The SMILES string of the molecule is O=C(O)C(c1ccccc1)N1C[C@H](CN2CCC(O)(CCCc3ccccc3)CC2)[C@@H](c2ccccc2)C1. The van der Waals surface area contributed by atoms with E-state index in [0.29, 0.717) is 5.92 Å². The van der Waals surface area contributed by atoms with E-state index in [4.69, 9.17) is 0 Å². The van der Waals surface area contributed by atoms with E-state index in [1.165, 1.54) is 11.1 Å². The molecule has 5 nitrogen and oxygen atoms in total. The third-order valence-electron chi connectivity index (χ3n) is 8.64. The van der Waals surface area contributed by atoms with Crippen LogP contribution in [0.25, 0.3) is 0 Å². The molecule has 0 aliphatic carbocycles. The first-order chi connectivity index (χ1) is 18.5. The Balaban J connectivity index is 1.22. The van der Waals surface area contributed by atoms with Crippen LogP contribution in [0.15, 0.2) is 91.0 Å². The predicted octanol–water partition coefficient (Wildman–Crippen LogP) is 5.38. The molecule has 3 aromatic rings. The average molecular weight is 513 g/mol. The Morgan fingerprint density at radius 3 is 2.11 bits per heavy atom. The van der Waals surface area contributed by atoms with E-state index >= 15 is 0 Å². The second kappa shape index (κ2) is 12.2. The van der Waals surface area contributed by atoms with Gasteiger partial charge in [0.1, 0.15) is 6.04 Å². The number of hydrogen-bond donors (Lipinski definition) is 2. The number of aliphatic hydroxyl groups is 1. The zero-order valence-corrected chi connectivity index (χ0v) is 22.2. The minimum atomic E-state index is -0.790. The summed E-state index contributed by atoms with van der Waals surface area (Å²) in [5, 5.41) is 21.4. The highest BCUT2D eigenvalue weighted by atomic mass is 16.4. The van der Waals surface area contributed by atoms with Crippen LogP contribution < -0.4 is 0 Å². The lowest BCUT2D eigenvalue weighted by Gasteiger charge is -2.40. The first-order valence-electron chi connectivity index (χ1n) is 14.1. The van der Waals surface area contributed by atoms with Crippen LogP contribution in [0.5, 0.6) is 0 Å². The molecule has 3 aromatic carbocycles. The van der Waals surface area contributed by atoms with E-state index in [9.17, 15) is 15.0 Å². The molecule has 2 aliphatic heterocycles. The number of hydrogen-bond acceptors (Lipinski definition) is 4. The number of nitrogens with zero attached hydrogens (tertiary/aromatic N) is 2. The number of carboxylic acids is 1. The highest BCUT2D eigenvalue weighted by Gasteiger charge is 2.41. The van der Waals surface area contributed by atoms with Crippen molar-refractivity contribution in [2.75, 3.05) is 32.7 Å². The predicted molar refractivity (Wildman–Crippen MR) is 151 cm³/mol. The van der Waals surface area contributed by atoms with E-state index < -0.39 is 17.6 Å². The van der Waals surface area contributed by atoms with Crippen LogP contribution in [0, 0.1) is 5.92 Å². The van der Waals surface area contributed by atoms with Gasteiger partial charge in [0.15, 0.2) is 0 Å². The van der Waals surface area contributed by atoms with Crippen molar-refractivity contribution in [3.05, 3.63) is 108 Å². The number of likely N-dealkylation sites (tertiary alicyclic amines) is 2. The number of piperidine rings is 1. The molecule has 2 heterocycles. The van der Waals surface area contributed by atoms with Crippen LogP contribution >= 0.6 is 0 Å². The largest absolute Gasteiger partial charge is 0.480 e. The normalized spacial score (nSPS) is 22.8. The summed E-state index contributed by atoms with van der Waals surface area (Å²) in [4.78, 5) is 17.0. The fraction of sp³-hybridized carbons (Fsp3) is 0.424. The topological polar surface area (TPSA) is 64.0 Å². The van der Waals surface area contributed by atoms with Crippen molar-refractivity contribution in [2.24, 2.45) is 5.92 Å². The summed E-state index contributed by atoms with van der Waals surface area (Å²) in [5.41, 5.74) is 2.88. The van der Waals surface area contributed by atoms with Crippen LogP contribution in [-0.4, -0.2) is 64.3 Å². The van der Waals surface area contributed by atoms with Gasteiger partial charge >= 0.3 is 5.97 Å². The number of benzene rings is 3. The Bertz CT molecular complexity index is 1150. The molecule has 2 saturated heterocycles. The van der Waals surface area contributed by atoms with Crippen LogP contribution in [0.2, 0.25) is 0 Å². The second-order valence-electron chi connectivity index (χ2n) is 11.2. The summed E-state index contributed by atoms with van der Waals surface area (Å²) in [6.07, 6.45) is 4.46. The first-order valence-corrected chi connectivity index (χ1v) is 14.1. The van der Waals surface area contributed by atoms with E-state index in [-0.39, 0.29) is 5.92 Å². The van der Waals surface area contributed by atoms with Crippen molar-refractivity contribution in [3.63, 3.8) is 0 Å². The smallest absolute Gasteiger partial charge is 0.325 e. The molecule has 1 unspecified atom stereocenters. The van der Waals surface area contributed by atoms with Gasteiger partial charge in [0.05, 0.1) is 5.60 Å². The highest BCUT2D eigenvalue weighted by molar-refractivity contribution is 5.75. The summed E-state index contributed by atoms with van der Waals surface area (Å²) in [5.74, 6) is -0.164. The maximum absolute atomic E-state index is 12.4. The van der Waals surface area contributed by atoms with Crippen LogP contribution in [0.1, 0.15) is 54.3 Å². The van der Waals surface area contributed by atoms with Crippen LogP contribution in [-0.2, 0) is 11.2 Å². The zero-order chi connectivity index (χ0) is 26.4. The fourth-order valence-electron chi connectivity index (χ4n) is 6.52. The van der Waals surface area contributed by atoms with Gasteiger partial charge in [0.2, 0.25) is 0 Å².